The first kappa shape index (κ1) is 21.5. The number of benzene rings is 1. The fourth-order valence-electron chi connectivity index (χ4n) is 4.70. The number of H-pyrrole nitrogens is 1. The van der Waals surface area contributed by atoms with E-state index in [0.717, 1.165) is 11.3 Å². The van der Waals surface area contributed by atoms with Crippen molar-refractivity contribution < 1.29 is 17.9 Å². The van der Waals surface area contributed by atoms with Gasteiger partial charge in [0.05, 0.1) is 24.3 Å². The topological polar surface area (TPSA) is 109 Å². The first-order valence-corrected chi connectivity index (χ1v) is 12.3. The highest BCUT2D eigenvalue weighted by Crippen LogP contribution is 2.40. The molecule has 166 valence electrons. The standard InChI is InChI=1S/C22H27N3O5S/c1-14-23-20(10-21(26)24-14)19-12-25(22(27)9-15-7-8-31(28,29)13-15)11-18(19)16-3-5-17(30-2)6-4-16/h3-6,10,15,18-19H,7-9,11-13H2,1-2H3,(H,23,24,26)/t15-,18+,19-/m1/s1. The Hall–Kier alpha value is -2.68. The fourth-order valence-corrected chi connectivity index (χ4v) is 6.56. The number of rotatable bonds is 5. The van der Waals surface area contributed by atoms with Crippen molar-refractivity contribution in [3.8, 4) is 5.75 Å². The second-order valence-corrected chi connectivity index (χ2v) is 10.7. The van der Waals surface area contributed by atoms with Crippen LogP contribution in [0.2, 0.25) is 0 Å². The molecular weight excluding hydrogens is 418 g/mol. The number of aryl methyl sites for hydroxylation is 1. The molecule has 2 fully saturated rings. The highest BCUT2D eigenvalue weighted by Gasteiger charge is 2.39. The predicted molar refractivity (Wildman–Crippen MR) is 116 cm³/mol. The monoisotopic (exact) mass is 445 g/mol. The van der Waals surface area contributed by atoms with Crippen molar-refractivity contribution in [2.24, 2.45) is 5.92 Å². The minimum absolute atomic E-state index is 0.0177. The van der Waals surface area contributed by atoms with Gasteiger partial charge in [-0.1, -0.05) is 12.1 Å². The molecule has 8 nitrogen and oxygen atoms in total. The molecule has 1 aromatic carbocycles. The van der Waals surface area contributed by atoms with Gasteiger partial charge in [-0.05, 0) is 37.0 Å². The molecule has 1 amide bonds. The molecule has 2 saturated heterocycles. The Labute approximate surface area is 181 Å². The average molecular weight is 446 g/mol. The van der Waals surface area contributed by atoms with Crippen LogP contribution in [0.3, 0.4) is 0 Å². The Morgan fingerprint density at radius 2 is 1.94 bits per heavy atom. The number of aromatic amines is 1. The van der Waals surface area contributed by atoms with E-state index in [4.69, 9.17) is 4.74 Å². The van der Waals surface area contributed by atoms with Crippen LogP contribution in [-0.2, 0) is 14.6 Å². The number of carbonyl (C=O) groups is 1. The first-order valence-electron chi connectivity index (χ1n) is 10.4. The number of carbonyl (C=O) groups excluding carboxylic acids is 1. The van der Waals surface area contributed by atoms with E-state index in [2.05, 4.69) is 9.97 Å². The Morgan fingerprint density at radius 3 is 2.55 bits per heavy atom. The van der Waals surface area contributed by atoms with Crippen molar-refractivity contribution in [2.75, 3.05) is 31.7 Å². The molecule has 3 heterocycles. The average Bonchev–Trinajstić information content (AvgIpc) is 3.31. The van der Waals surface area contributed by atoms with Gasteiger partial charge < -0.3 is 14.6 Å². The first-order chi connectivity index (χ1) is 14.7. The summed E-state index contributed by atoms with van der Waals surface area (Å²) >= 11 is 0. The molecule has 1 aromatic heterocycles. The number of hydrogen-bond acceptors (Lipinski definition) is 6. The lowest BCUT2D eigenvalue weighted by atomic mass is 9.86. The van der Waals surface area contributed by atoms with E-state index < -0.39 is 9.84 Å². The summed E-state index contributed by atoms with van der Waals surface area (Å²) in [6.45, 7) is 2.69. The molecule has 2 aromatic rings. The molecule has 2 aliphatic rings. The molecule has 0 radical (unpaired) electrons. The predicted octanol–water partition coefficient (Wildman–Crippen LogP) is 1.62. The SMILES string of the molecule is COc1ccc([C@@H]2CN(C(=O)C[C@H]3CCS(=O)(=O)C3)C[C@H]2c2cc(=O)[nH]c(C)n2)cc1. The maximum Gasteiger partial charge on any atom is 0.251 e. The summed E-state index contributed by atoms with van der Waals surface area (Å²) in [5.74, 6) is 1.25. The minimum atomic E-state index is -3.02. The number of methoxy groups -OCH3 is 1. The van der Waals surface area contributed by atoms with Gasteiger partial charge in [-0.3, -0.25) is 9.59 Å². The summed E-state index contributed by atoms with van der Waals surface area (Å²) in [7, 11) is -1.41. The number of amides is 1. The summed E-state index contributed by atoms with van der Waals surface area (Å²) in [6, 6.07) is 9.24. The van der Waals surface area contributed by atoms with Gasteiger partial charge in [0.2, 0.25) is 5.91 Å². The van der Waals surface area contributed by atoms with Crippen molar-refractivity contribution in [3.63, 3.8) is 0 Å². The zero-order chi connectivity index (χ0) is 22.2. The van der Waals surface area contributed by atoms with Gasteiger partial charge in [-0.15, -0.1) is 0 Å². The largest absolute Gasteiger partial charge is 0.497 e. The van der Waals surface area contributed by atoms with Gasteiger partial charge in [-0.2, -0.15) is 0 Å². The van der Waals surface area contributed by atoms with E-state index in [-0.39, 0.29) is 47.1 Å². The van der Waals surface area contributed by atoms with Gasteiger partial charge in [0.25, 0.3) is 5.56 Å². The van der Waals surface area contributed by atoms with Gasteiger partial charge in [-0.25, -0.2) is 13.4 Å². The smallest absolute Gasteiger partial charge is 0.251 e. The molecule has 4 rings (SSSR count). The van der Waals surface area contributed by atoms with E-state index in [1.54, 1.807) is 18.9 Å². The normalized spacial score (nSPS) is 25.0. The third-order valence-corrected chi connectivity index (χ3v) is 8.10. The lowest BCUT2D eigenvalue weighted by Gasteiger charge is -2.18. The number of nitrogens with one attached hydrogen (secondary N) is 1. The van der Waals surface area contributed by atoms with Crippen LogP contribution >= 0.6 is 0 Å². The summed E-state index contributed by atoms with van der Waals surface area (Å²) in [5.41, 5.74) is 1.50. The Morgan fingerprint density at radius 1 is 1.23 bits per heavy atom. The van der Waals surface area contributed by atoms with Gasteiger partial charge in [0.1, 0.15) is 11.6 Å². The van der Waals surface area contributed by atoms with Crippen LogP contribution in [0.1, 0.15) is 41.8 Å². The summed E-state index contributed by atoms with van der Waals surface area (Å²) in [4.78, 5) is 34.1. The van der Waals surface area contributed by atoms with Crippen molar-refractivity contribution in [3.05, 3.63) is 57.8 Å². The van der Waals surface area contributed by atoms with Crippen molar-refractivity contribution >= 4 is 15.7 Å². The van der Waals surface area contributed by atoms with E-state index in [1.807, 2.05) is 24.3 Å². The summed E-state index contributed by atoms with van der Waals surface area (Å²) in [6.07, 6.45) is 0.783. The molecule has 9 heteroatoms. The maximum atomic E-state index is 13.0. The van der Waals surface area contributed by atoms with Crippen LogP contribution in [0.25, 0.3) is 0 Å². The van der Waals surface area contributed by atoms with Crippen LogP contribution in [0.4, 0.5) is 0 Å². The van der Waals surface area contributed by atoms with Crippen LogP contribution in [0.15, 0.2) is 35.1 Å². The molecule has 31 heavy (non-hydrogen) atoms. The molecule has 0 bridgehead atoms. The zero-order valence-electron chi connectivity index (χ0n) is 17.7. The second-order valence-electron chi connectivity index (χ2n) is 8.51. The molecule has 3 atom stereocenters. The van der Waals surface area contributed by atoms with Crippen molar-refractivity contribution in [1.82, 2.24) is 14.9 Å². The quantitative estimate of drug-likeness (QED) is 0.749. The summed E-state index contributed by atoms with van der Waals surface area (Å²) in [5, 5.41) is 0. The minimum Gasteiger partial charge on any atom is -0.497 e. The second kappa shape index (κ2) is 8.45. The maximum absolute atomic E-state index is 13.0. The van der Waals surface area contributed by atoms with Gasteiger partial charge in [0, 0.05) is 37.4 Å². The van der Waals surface area contributed by atoms with E-state index in [1.165, 1.54) is 6.07 Å². The van der Waals surface area contributed by atoms with E-state index >= 15 is 0 Å². The van der Waals surface area contributed by atoms with E-state index in [9.17, 15) is 18.0 Å². The molecular formula is C22H27N3O5S. The van der Waals surface area contributed by atoms with Crippen LogP contribution < -0.4 is 10.3 Å². The third-order valence-electron chi connectivity index (χ3n) is 6.27. The van der Waals surface area contributed by atoms with Crippen LogP contribution in [0.5, 0.6) is 5.75 Å². The molecule has 0 unspecified atom stereocenters. The number of likely N-dealkylation sites (tertiary alicyclic amines) is 1. The molecule has 0 aliphatic carbocycles. The fraction of sp³-hybridized carbons (Fsp3) is 0.500. The number of nitrogens with zero attached hydrogens (tertiary/aromatic N) is 2. The molecule has 0 spiro atoms. The molecule has 1 N–H and O–H groups in total. The van der Waals surface area contributed by atoms with Crippen molar-refractivity contribution in [2.45, 2.75) is 31.6 Å². The Bertz CT molecular complexity index is 1130. The number of ether oxygens (including phenoxy) is 1. The molecule has 0 saturated carbocycles. The zero-order valence-corrected chi connectivity index (χ0v) is 18.5. The highest BCUT2D eigenvalue weighted by molar-refractivity contribution is 7.91. The summed E-state index contributed by atoms with van der Waals surface area (Å²) < 4.78 is 28.8. The third kappa shape index (κ3) is 4.81. The van der Waals surface area contributed by atoms with Crippen LogP contribution in [0, 0.1) is 12.8 Å². The highest BCUT2D eigenvalue weighted by atomic mass is 32.2. The van der Waals surface area contributed by atoms with Gasteiger partial charge in [0.15, 0.2) is 9.84 Å². The Kier molecular flexibility index (Phi) is 5.88. The van der Waals surface area contributed by atoms with Crippen LogP contribution in [-0.4, -0.2) is 60.9 Å². The van der Waals surface area contributed by atoms with E-state index in [0.29, 0.717) is 31.0 Å². The lowest BCUT2D eigenvalue weighted by Crippen LogP contribution is -2.30. The van der Waals surface area contributed by atoms with Crippen molar-refractivity contribution in [1.29, 1.82) is 0 Å². The lowest BCUT2D eigenvalue weighted by molar-refractivity contribution is -0.131. The molecule has 2 aliphatic heterocycles. The van der Waals surface area contributed by atoms with Gasteiger partial charge >= 0.3 is 0 Å². The number of aromatic nitrogens is 2. The number of sulfone groups is 1. The Balaban J connectivity index is 1.59. The number of hydrogen-bond donors (Lipinski definition) is 1.